The minimum Gasteiger partial charge on any atom is -0.454 e. The molecular formula is C24H24F3N3O4. The highest BCUT2D eigenvalue weighted by Gasteiger charge is 2.30. The highest BCUT2D eigenvalue weighted by Crippen LogP contribution is 2.24. The van der Waals surface area contributed by atoms with Crippen molar-refractivity contribution in [1.29, 1.82) is 0 Å². The Morgan fingerprint density at radius 1 is 1.12 bits per heavy atom. The molecule has 0 unspecified atom stereocenters. The van der Waals surface area contributed by atoms with Gasteiger partial charge in [-0.25, -0.2) is 9.78 Å². The summed E-state index contributed by atoms with van der Waals surface area (Å²) in [7, 11) is 0. The van der Waals surface area contributed by atoms with Crippen LogP contribution in [0, 0.1) is 13.8 Å². The first kappa shape index (κ1) is 23.7. The Labute approximate surface area is 193 Å². The van der Waals surface area contributed by atoms with E-state index in [4.69, 9.17) is 4.74 Å². The van der Waals surface area contributed by atoms with Gasteiger partial charge in [-0.3, -0.25) is 14.2 Å². The van der Waals surface area contributed by atoms with Crippen molar-refractivity contribution < 1.29 is 27.5 Å². The number of aryl methyl sites for hydroxylation is 2. The van der Waals surface area contributed by atoms with E-state index in [1.807, 2.05) is 0 Å². The molecule has 34 heavy (non-hydrogen) atoms. The van der Waals surface area contributed by atoms with Gasteiger partial charge in [-0.15, -0.1) is 0 Å². The standard InChI is InChI=1S/C24H24F3N3O4/c1-14-10-18(15(2)30(14)13-24(25,26)27)20(31)12-34-23(33)16-7-8-17-19(11-16)28-21-6-4-3-5-9-29(21)22(17)32/h7-8,10-11H,3-6,9,12-13H2,1-2H3. The summed E-state index contributed by atoms with van der Waals surface area (Å²) in [6.07, 6.45) is -0.876. The second kappa shape index (κ2) is 9.08. The van der Waals surface area contributed by atoms with Crippen molar-refractivity contribution in [2.45, 2.75) is 58.8 Å². The zero-order valence-corrected chi connectivity index (χ0v) is 18.9. The molecule has 1 aliphatic heterocycles. The van der Waals surface area contributed by atoms with Gasteiger partial charge >= 0.3 is 12.1 Å². The summed E-state index contributed by atoms with van der Waals surface area (Å²) in [6.45, 7) is 1.70. The third kappa shape index (κ3) is 4.76. The van der Waals surface area contributed by atoms with Crippen LogP contribution in [0.1, 0.15) is 57.2 Å². The number of benzene rings is 1. The van der Waals surface area contributed by atoms with Crippen molar-refractivity contribution in [2.24, 2.45) is 0 Å². The lowest BCUT2D eigenvalue weighted by Crippen LogP contribution is -2.24. The summed E-state index contributed by atoms with van der Waals surface area (Å²) in [5.41, 5.74) is 0.891. The summed E-state index contributed by atoms with van der Waals surface area (Å²) in [5, 5.41) is 0.399. The maximum Gasteiger partial charge on any atom is 0.406 e. The van der Waals surface area contributed by atoms with Gasteiger partial charge in [-0.05, 0) is 51.0 Å². The minimum absolute atomic E-state index is 0.0745. The van der Waals surface area contributed by atoms with Crippen LogP contribution in [0.4, 0.5) is 13.2 Å². The van der Waals surface area contributed by atoms with E-state index in [2.05, 4.69) is 4.98 Å². The largest absolute Gasteiger partial charge is 0.454 e. The fraction of sp³-hybridized carbons (Fsp3) is 0.417. The molecular weight excluding hydrogens is 451 g/mol. The number of carbonyl (C=O) groups excluding carboxylic acids is 2. The zero-order valence-electron chi connectivity index (χ0n) is 18.9. The van der Waals surface area contributed by atoms with Gasteiger partial charge in [-0.2, -0.15) is 13.2 Å². The van der Waals surface area contributed by atoms with E-state index in [-0.39, 0.29) is 28.1 Å². The summed E-state index contributed by atoms with van der Waals surface area (Å²) < 4.78 is 46.2. The number of nitrogens with zero attached hydrogens (tertiary/aromatic N) is 3. The van der Waals surface area contributed by atoms with E-state index in [9.17, 15) is 27.6 Å². The lowest BCUT2D eigenvalue weighted by Gasteiger charge is -2.12. The van der Waals surface area contributed by atoms with Gasteiger partial charge in [0.2, 0.25) is 5.78 Å². The second-order valence-electron chi connectivity index (χ2n) is 8.51. The number of alkyl halides is 3. The molecule has 0 aliphatic carbocycles. The van der Waals surface area contributed by atoms with Crippen molar-refractivity contribution in [3.8, 4) is 0 Å². The van der Waals surface area contributed by atoms with Crippen LogP contribution in [0.2, 0.25) is 0 Å². The molecule has 10 heteroatoms. The first-order valence-electron chi connectivity index (χ1n) is 11.0. The number of hydrogen-bond donors (Lipinski definition) is 0. The van der Waals surface area contributed by atoms with Gasteiger partial charge in [0, 0.05) is 29.9 Å². The van der Waals surface area contributed by atoms with Gasteiger partial charge in [0.15, 0.2) is 6.61 Å². The molecule has 2 aromatic heterocycles. The number of ether oxygens (including phenoxy) is 1. The maximum atomic E-state index is 12.8. The Bertz CT molecular complexity index is 1340. The van der Waals surface area contributed by atoms with E-state index >= 15 is 0 Å². The van der Waals surface area contributed by atoms with Crippen LogP contribution in [0.15, 0.2) is 29.1 Å². The zero-order chi connectivity index (χ0) is 24.6. The molecule has 0 atom stereocenters. The Morgan fingerprint density at radius 3 is 2.62 bits per heavy atom. The van der Waals surface area contributed by atoms with Crippen LogP contribution >= 0.6 is 0 Å². The molecule has 0 amide bonds. The number of Topliss-reactive ketones (excluding diaryl/α,β-unsaturated/α-hetero) is 1. The molecule has 0 saturated heterocycles. The number of hydrogen-bond acceptors (Lipinski definition) is 5. The van der Waals surface area contributed by atoms with Crippen molar-refractivity contribution in [3.63, 3.8) is 0 Å². The minimum atomic E-state index is -4.42. The molecule has 4 rings (SSSR count). The fourth-order valence-electron chi connectivity index (χ4n) is 4.34. The first-order chi connectivity index (χ1) is 16.0. The summed E-state index contributed by atoms with van der Waals surface area (Å²) >= 11 is 0. The number of rotatable bonds is 5. The molecule has 1 aliphatic rings. The first-order valence-corrected chi connectivity index (χ1v) is 11.0. The highest BCUT2D eigenvalue weighted by molar-refractivity contribution is 6.01. The molecule has 180 valence electrons. The molecule has 0 spiro atoms. The van der Waals surface area contributed by atoms with E-state index < -0.39 is 31.1 Å². The Morgan fingerprint density at radius 2 is 1.88 bits per heavy atom. The SMILES string of the molecule is Cc1cc(C(=O)COC(=O)c2ccc3c(=O)n4c(nc3c2)CCCCC4)c(C)n1CC(F)(F)F. The predicted molar refractivity (Wildman–Crippen MR) is 118 cm³/mol. The third-order valence-corrected chi connectivity index (χ3v) is 6.10. The van der Waals surface area contributed by atoms with Crippen LogP contribution < -0.4 is 5.56 Å². The smallest absolute Gasteiger partial charge is 0.406 e. The van der Waals surface area contributed by atoms with Crippen molar-refractivity contribution in [3.05, 3.63) is 63.0 Å². The molecule has 0 radical (unpaired) electrons. The highest BCUT2D eigenvalue weighted by atomic mass is 19.4. The van der Waals surface area contributed by atoms with Gasteiger partial charge < -0.3 is 9.30 Å². The molecule has 0 N–H and O–H groups in total. The van der Waals surface area contributed by atoms with Crippen LogP contribution in [-0.2, 0) is 24.2 Å². The third-order valence-electron chi connectivity index (χ3n) is 6.10. The number of carbonyl (C=O) groups is 2. The molecule has 7 nitrogen and oxygen atoms in total. The Hall–Kier alpha value is -3.43. The molecule has 3 aromatic rings. The molecule has 0 bridgehead atoms. The van der Waals surface area contributed by atoms with E-state index in [0.29, 0.717) is 29.7 Å². The van der Waals surface area contributed by atoms with Crippen LogP contribution in [0.3, 0.4) is 0 Å². The average Bonchev–Trinajstić information content (AvgIpc) is 2.95. The molecule has 0 fully saturated rings. The van der Waals surface area contributed by atoms with Gasteiger partial charge in [0.05, 0.1) is 16.5 Å². The van der Waals surface area contributed by atoms with Crippen molar-refractivity contribution >= 4 is 22.7 Å². The van der Waals surface area contributed by atoms with Crippen LogP contribution in [0.5, 0.6) is 0 Å². The number of halogens is 3. The van der Waals surface area contributed by atoms with Gasteiger partial charge in [0.1, 0.15) is 12.4 Å². The second-order valence-corrected chi connectivity index (χ2v) is 8.51. The fourth-order valence-corrected chi connectivity index (χ4v) is 4.34. The van der Waals surface area contributed by atoms with Crippen LogP contribution in [0.25, 0.3) is 10.9 Å². The molecule has 0 saturated carbocycles. The van der Waals surface area contributed by atoms with E-state index in [1.165, 1.54) is 38.1 Å². The summed E-state index contributed by atoms with van der Waals surface area (Å²) in [6, 6.07) is 5.78. The summed E-state index contributed by atoms with van der Waals surface area (Å²) in [5.74, 6) is -0.696. The van der Waals surface area contributed by atoms with Crippen molar-refractivity contribution in [1.82, 2.24) is 14.1 Å². The lowest BCUT2D eigenvalue weighted by atomic mass is 10.1. The van der Waals surface area contributed by atoms with Crippen molar-refractivity contribution in [2.75, 3.05) is 6.61 Å². The number of esters is 1. The van der Waals surface area contributed by atoms with Gasteiger partial charge in [0.25, 0.3) is 5.56 Å². The quantitative estimate of drug-likeness (QED) is 0.409. The predicted octanol–water partition coefficient (Wildman–Crippen LogP) is 4.14. The lowest BCUT2D eigenvalue weighted by molar-refractivity contribution is -0.141. The Kier molecular flexibility index (Phi) is 6.33. The topological polar surface area (TPSA) is 83.2 Å². The number of fused-ring (bicyclic) bond motifs is 2. The monoisotopic (exact) mass is 475 g/mol. The molecule has 1 aromatic carbocycles. The normalized spacial score (nSPS) is 14.0. The summed E-state index contributed by atoms with van der Waals surface area (Å²) in [4.78, 5) is 42.5. The Balaban J connectivity index is 1.51. The van der Waals surface area contributed by atoms with Crippen LogP contribution in [-0.4, -0.2) is 38.7 Å². The van der Waals surface area contributed by atoms with Gasteiger partial charge in [-0.1, -0.05) is 6.42 Å². The maximum absolute atomic E-state index is 12.8. The number of aromatic nitrogens is 3. The molecule has 3 heterocycles. The average molecular weight is 475 g/mol. The number of ketones is 1. The van der Waals surface area contributed by atoms with E-state index in [0.717, 1.165) is 23.8 Å². The van der Waals surface area contributed by atoms with E-state index in [1.54, 1.807) is 4.57 Å².